The lowest BCUT2D eigenvalue weighted by molar-refractivity contribution is 0.0268. The SMILES string of the molecule is CN(C(=O)c1ccncc1NN)C1CCCCC1O. The van der Waals surface area contributed by atoms with Crippen LogP contribution in [0.1, 0.15) is 36.0 Å². The standard InChI is InChI=1S/C13H20N4O2/c1-17(11-4-2-3-5-12(11)18)13(19)9-6-7-15-8-10(9)16-14/h6-8,11-12,16,18H,2-5,14H2,1H3. The summed E-state index contributed by atoms with van der Waals surface area (Å²) in [5, 5.41) is 10.0. The van der Waals surface area contributed by atoms with E-state index in [2.05, 4.69) is 10.4 Å². The molecule has 2 unspecified atom stereocenters. The Labute approximate surface area is 112 Å². The van der Waals surface area contributed by atoms with Crippen LogP contribution in [0, 0.1) is 0 Å². The van der Waals surface area contributed by atoms with Crippen molar-refractivity contribution in [3.8, 4) is 0 Å². The number of likely N-dealkylation sites (N-methyl/N-ethyl adjacent to an activating group) is 1. The number of aromatic nitrogens is 1. The van der Waals surface area contributed by atoms with Crippen LogP contribution in [-0.4, -0.2) is 40.1 Å². The van der Waals surface area contributed by atoms with Gasteiger partial charge in [0.25, 0.3) is 5.91 Å². The quantitative estimate of drug-likeness (QED) is 0.553. The number of nitrogens with zero attached hydrogens (tertiary/aromatic N) is 2. The molecule has 1 heterocycles. The van der Waals surface area contributed by atoms with E-state index >= 15 is 0 Å². The van der Waals surface area contributed by atoms with Crippen molar-refractivity contribution in [2.45, 2.75) is 37.8 Å². The number of nitrogens with one attached hydrogen (secondary N) is 1. The highest BCUT2D eigenvalue weighted by Crippen LogP contribution is 2.24. The van der Waals surface area contributed by atoms with E-state index in [4.69, 9.17) is 5.84 Å². The van der Waals surface area contributed by atoms with E-state index in [9.17, 15) is 9.90 Å². The monoisotopic (exact) mass is 264 g/mol. The molecule has 1 saturated carbocycles. The number of carbonyl (C=O) groups excluding carboxylic acids is 1. The summed E-state index contributed by atoms with van der Waals surface area (Å²) in [5.74, 6) is 5.23. The minimum absolute atomic E-state index is 0.125. The molecule has 2 rings (SSSR count). The molecule has 0 spiro atoms. The molecule has 0 aliphatic heterocycles. The van der Waals surface area contributed by atoms with Crippen molar-refractivity contribution in [1.29, 1.82) is 0 Å². The van der Waals surface area contributed by atoms with Crippen LogP contribution in [0.4, 0.5) is 5.69 Å². The number of aliphatic hydroxyl groups excluding tert-OH is 1. The van der Waals surface area contributed by atoms with Gasteiger partial charge in [-0.25, -0.2) is 0 Å². The molecule has 1 aromatic heterocycles. The number of nitrogens with two attached hydrogens (primary N) is 1. The number of hydrogen-bond acceptors (Lipinski definition) is 5. The maximum atomic E-state index is 12.5. The zero-order valence-electron chi connectivity index (χ0n) is 11.0. The van der Waals surface area contributed by atoms with E-state index in [1.54, 1.807) is 24.2 Å². The first-order valence-electron chi connectivity index (χ1n) is 6.51. The molecule has 1 aliphatic rings. The molecule has 4 N–H and O–H groups in total. The first kappa shape index (κ1) is 13.8. The Hall–Kier alpha value is -1.66. The normalized spacial score (nSPS) is 22.9. The molecular weight excluding hydrogens is 244 g/mol. The second-order valence-electron chi connectivity index (χ2n) is 4.90. The van der Waals surface area contributed by atoms with Crippen molar-refractivity contribution in [3.05, 3.63) is 24.0 Å². The van der Waals surface area contributed by atoms with Crippen LogP contribution in [0.3, 0.4) is 0 Å². The van der Waals surface area contributed by atoms with Crippen molar-refractivity contribution in [1.82, 2.24) is 9.88 Å². The second-order valence-corrected chi connectivity index (χ2v) is 4.90. The van der Waals surface area contributed by atoms with Gasteiger partial charge in [0.1, 0.15) is 0 Å². The van der Waals surface area contributed by atoms with Gasteiger partial charge in [-0.05, 0) is 18.9 Å². The number of hydrogen-bond donors (Lipinski definition) is 3. The van der Waals surface area contributed by atoms with E-state index < -0.39 is 6.10 Å². The number of anilines is 1. The fraction of sp³-hybridized carbons (Fsp3) is 0.538. The molecule has 6 nitrogen and oxygen atoms in total. The molecule has 0 saturated heterocycles. The maximum absolute atomic E-state index is 12.5. The molecule has 1 aliphatic carbocycles. The molecule has 0 radical (unpaired) electrons. The molecule has 2 atom stereocenters. The van der Waals surface area contributed by atoms with Gasteiger partial charge in [0, 0.05) is 13.2 Å². The van der Waals surface area contributed by atoms with Crippen molar-refractivity contribution < 1.29 is 9.90 Å². The number of hydrazine groups is 1. The van der Waals surface area contributed by atoms with E-state index in [-0.39, 0.29) is 11.9 Å². The zero-order valence-corrected chi connectivity index (χ0v) is 11.0. The Morgan fingerprint density at radius 1 is 1.53 bits per heavy atom. The molecular formula is C13H20N4O2. The van der Waals surface area contributed by atoms with Crippen molar-refractivity contribution in [2.24, 2.45) is 5.84 Å². The summed E-state index contributed by atoms with van der Waals surface area (Å²) in [6.45, 7) is 0. The van der Waals surface area contributed by atoms with Crippen molar-refractivity contribution in [2.75, 3.05) is 12.5 Å². The van der Waals surface area contributed by atoms with E-state index in [1.807, 2.05) is 0 Å². The number of pyridine rings is 1. The molecule has 104 valence electrons. The summed E-state index contributed by atoms with van der Waals surface area (Å²) < 4.78 is 0. The fourth-order valence-electron chi connectivity index (χ4n) is 2.58. The Kier molecular flexibility index (Phi) is 4.34. The smallest absolute Gasteiger partial charge is 0.256 e. The van der Waals surface area contributed by atoms with Crippen LogP contribution in [0.2, 0.25) is 0 Å². The minimum Gasteiger partial charge on any atom is -0.391 e. The van der Waals surface area contributed by atoms with Crippen LogP contribution < -0.4 is 11.3 Å². The highest BCUT2D eigenvalue weighted by atomic mass is 16.3. The third-order valence-corrected chi connectivity index (χ3v) is 3.72. The summed E-state index contributed by atoms with van der Waals surface area (Å²) >= 11 is 0. The van der Waals surface area contributed by atoms with E-state index in [1.165, 1.54) is 6.20 Å². The Balaban J connectivity index is 2.18. The van der Waals surface area contributed by atoms with Gasteiger partial charge in [-0.2, -0.15) is 0 Å². The van der Waals surface area contributed by atoms with E-state index in [0.717, 1.165) is 25.7 Å². The van der Waals surface area contributed by atoms with Gasteiger partial charge >= 0.3 is 0 Å². The molecule has 1 amide bonds. The average molecular weight is 264 g/mol. The summed E-state index contributed by atoms with van der Waals surface area (Å²) in [5.41, 5.74) is 3.43. The van der Waals surface area contributed by atoms with Crippen LogP contribution in [0.5, 0.6) is 0 Å². The van der Waals surface area contributed by atoms with Crippen molar-refractivity contribution >= 4 is 11.6 Å². The van der Waals surface area contributed by atoms with E-state index in [0.29, 0.717) is 11.3 Å². The first-order valence-corrected chi connectivity index (χ1v) is 6.51. The topological polar surface area (TPSA) is 91.5 Å². The fourth-order valence-corrected chi connectivity index (χ4v) is 2.58. The van der Waals surface area contributed by atoms with Crippen LogP contribution in [-0.2, 0) is 0 Å². The summed E-state index contributed by atoms with van der Waals surface area (Å²) in [6.07, 6.45) is 6.26. The van der Waals surface area contributed by atoms with Gasteiger partial charge in [0.05, 0.1) is 29.6 Å². The third kappa shape index (κ3) is 2.85. The Morgan fingerprint density at radius 3 is 2.95 bits per heavy atom. The minimum atomic E-state index is -0.446. The average Bonchev–Trinajstić information content (AvgIpc) is 2.46. The predicted molar refractivity (Wildman–Crippen MR) is 72.4 cm³/mol. The highest BCUT2D eigenvalue weighted by molar-refractivity contribution is 5.99. The molecule has 0 bridgehead atoms. The van der Waals surface area contributed by atoms with Gasteiger partial charge in [-0.15, -0.1) is 0 Å². The van der Waals surface area contributed by atoms with Crippen LogP contribution in [0.25, 0.3) is 0 Å². The molecule has 19 heavy (non-hydrogen) atoms. The molecule has 0 aromatic carbocycles. The lowest BCUT2D eigenvalue weighted by atomic mass is 9.91. The van der Waals surface area contributed by atoms with Gasteiger partial charge < -0.3 is 15.4 Å². The third-order valence-electron chi connectivity index (χ3n) is 3.72. The maximum Gasteiger partial charge on any atom is 0.256 e. The Bertz CT molecular complexity index is 452. The van der Waals surface area contributed by atoms with Gasteiger partial charge in [-0.1, -0.05) is 12.8 Å². The largest absolute Gasteiger partial charge is 0.391 e. The number of nitrogen functional groups attached to an aromatic ring is 1. The Morgan fingerprint density at radius 2 is 2.26 bits per heavy atom. The predicted octanol–water partition coefficient (Wildman–Crippen LogP) is 0.743. The van der Waals surface area contributed by atoms with Crippen molar-refractivity contribution in [3.63, 3.8) is 0 Å². The van der Waals surface area contributed by atoms with Crippen LogP contribution >= 0.6 is 0 Å². The summed E-state index contributed by atoms with van der Waals surface area (Å²) in [6, 6.07) is 1.50. The lowest BCUT2D eigenvalue weighted by Crippen LogP contribution is -2.46. The first-order chi connectivity index (χ1) is 9.15. The van der Waals surface area contributed by atoms with Gasteiger partial charge in [-0.3, -0.25) is 15.6 Å². The highest BCUT2D eigenvalue weighted by Gasteiger charge is 2.30. The summed E-state index contributed by atoms with van der Waals surface area (Å²) in [4.78, 5) is 18.0. The number of rotatable bonds is 3. The number of carbonyl (C=O) groups is 1. The molecule has 6 heteroatoms. The number of aliphatic hydroxyl groups is 1. The number of amides is 1. The summed E-state index contributed by atoms with van der Waals surface area (Å²) in [7, 11) is 1.72. The molecule has 1 aromatic rings. The molecule has 1 fully saturated rings. The zero-order chi connectivity index (χ0) is 13.8. The van der Waals surface area contributed by atoms with Crippen LogP contribution in [0.15, 0.2) is 18.5 Å². The van der Waals surface area contributed by atoms with Gasteiger partial charge in [0.15, 0.2) is 0 Å². The van der Waals surface area contributed by atoms with Gasteiger partial charge in [0.2, 0.25) is 0 Å². The lowest BCUT2D eigenvalue weighted by Gasteiger charge is -2.35. The second kappa shape index (κ2) is 5.99.